The number of nitrogens with one attached hydrogen (secondary N) is 1. The van der Waals surface area contributed by atoms with Crippen molar-refractivity contribution in [3.8, 4) is 11.3 Å². The molecule has 1 aromatic carbocycles. The van der Waals surface area contributed by atoms with E-state index >= 15 is 0 Å². The number of aryl methyl sites for hydroxylation is 1. The van der Waals surface area contributed by atoms with Crippen LogP contribution in [0.25, 0.3) is 22.2 Å². The molecular weight excluding hydrogens is 210 g/mol. The number of aromatic amines is 1. The highest BCUT2D eigenvalue weighted by molar-refractivity contribution is 5.83. The van der Waals surface area contributed by atoms with Gasteiger partial charge in [0.15, 0.2) is 0 Å². The van der Waals surface area contributed by atoms with Crippen LogP contribution in [0.2, 0.25) is 0 Å². The number of aromatic nitrogens is 1. The third-order valence-corrected chi connectivity index (χ3v) is 2.58. The average Bonchev–Trinajstić information content (AvgIpc) is 2.99. The van der Waals surface area contributed by atoms with Crippen molar-refractivity contribution in [3.63, 3.8) is 0 Å². The minimum absolute atomic E-state index is 0.920. The molecule has 88 valence electrons. The normalized spacial score (nSPS) is 10.1. The molecule has 0 bridgehead atoms. The highest BCUT2D eigenvalue weighted by Gasteiger charge is 2.03. The Balaban J connectivity index is 0.000000514. The molecule has 0 fully saturated rings. The second-order valence-corrected chi connectivity index (χ2v) is 3.69. The van der Waals surface area contributed by atoms with Gasteiger partial charge < -0.3 is 9.40 Å². The predicted octanol–water partition coefficient (Wildman–Crippen LogP) is 4.76. The molecule has 0 aliphatic rings. The lowest BCUT2D eigenvalue weighted by atomic mass is 10.1. The van der Waals surface area contributed by atoms with Crippen molar-refractivity contribution < 1.29 is 4.42 Å². The van der Waals surface area contributed by atoms with Crippen LogP contribution in [-0.2, 0) is 0 Å². The Bertz CT molecular complexity index is 604. The molecule has 0 saturated carbocycles. The topological polar surface area (TPSA) is 28.9 Å². The summed E-state index contributed by atoms with van der Waals surface area (Å²) in [6.07, 6.45) is 1.95. The van der Waals surface area contributed by atoms with Gasteiger partial charge in [0.1, 0.15) is 11.5 Å². The number of hydrogen-bond acceptors (Lipinski definition) is 1. The molecule has 3 aromatic rings. The first-order chi connectivity index (χ1) is 8.33. The van der Waals surface area contributed by atoms with Gasteiger partial charge in [0.25, 0.3) is 0 Å². The van der Waals surface area contributed by atoms with Crippen molar-refractivity contribution in [3.05, 3.63) is 48.4 Å². The van der Waals surface area contributed by atoms with E-state index in [0.717, 1.165) is 22.6 Å². The van der Waals surface area contributed by atoms with E-state index in [1.54, 1.807) is 0 Å². The molecule has 2 aromatic heterocycles. The molecule has 2 heterocycles. The van der Waals surface area contributed by atoms with E-state index in [-0.39, 0.29) is 0 Å². The summed E-state index contributed by atoms with van der Waals surface area (Å²) in [6, 6.07) is 12.3. The Labute approximate surface area is 101 Å². The van der Waals surface area contributed by atoms with Crippen LogP contribution in [0.1, 0.15) is 19.6 Å². The van der Waals surface area contributed by atoms with Gasteiger partial charge in [-0.25, -0.2) is 0 Å². The molecule has 2 heteroatoms. The van der Waals surface area contributed by atoms with Gasteiger partial charge in [-0.15, -0.1) is 0 Å². The third-order valence-electron chi connectivity index (χ3n) is 2.58. The van der Waals surface area contributed by atoms with Gasteiger partial charge in [-0.2, -0.15) is 0 Å². The maximum absolute atomic E-state index is 5.58. The zero-order chi connectivity index (χ0) is 12.3. The minimum atomic E-state index is 0.920. The SMILES string of the molecule is CC.Cc1ccc(-c2ccc3cc[nH]c3c2)o1. The summed E-state index contributed by atoms with van der Waals surface area (Å²) in [5.74, 6) is 1.86. The molecule has 17 heavy (non-hydrogen) atoms. The van der Waals surface area contributed by atoms with E-state index in [0.29, 0.717) is 0 Å². The van der Waals surface area contributed by atoms with Crippen molar-refractivity contribution in [2.24, 2.45) is 0 Å². The zero-order valence-corrected chi connectivity index (χ0v) is 10.4. The Morgan fingerprint density at radius 2 is 1.82 bits per heavy atom. The molecular formula is C15H17NO. The number of H-pyrrole nitrogens is 1. The van der Waals surface area contributed by atoms with Crippen molar-refractivity contribution >= 4 is 10.9 Å². The first kappa shape index (κ1) is 11.5. The van der Waals surface area contributed by atoms with E-state index in [1.807, 2.05) is 39.1 Å². The molecule has 0 unspecified atom stereocenters. The van der Waals surface area contributed by atoms with Crippen LogP contribution in [-0.4, -0.2) is 4.98 Å². The van der Waals surface area contributed by atoms with Crippen molar-refractivity contribution in [1.29, 1.82) is 0 Å². The largest absolute Gasteiger partial charge is 0.461 e. The number of fused-ring (bicyclic) bond motifs is 1. The van der Waals surface area contributed by atoms with Crippen molar-refractivity contribution in [2.45, 2.75) is 20.8 Å². The van der Waals surface area contributed by atoms with Crippen molar-refractivity contribution in [1.82, 2.24) is 4.98 Å². The van der Waals surface area contributed by atoms with Gasteiger partial charge in [0.2, 0.25) is 0 Å². The Morgan fingerprint density at radius 3 is 2.53 bits per heavy atom. The molecule has 0 amide bonds. The quantitative estimate of drug-likeness (QED) is 0.637. The third kappa shape index (κ3) is 2.26. The van der Waals surface area contributed by atoms with Crippen LogP contribution < -0.4 is 0 Å². The fraction of sp³-hybridized carbons (Fsp3) is 0.200. The predicted molar refractivity (Wildman–Crippen MR) is 72.1 cm³/mol. The monoisotopic (exact) mass is 227 g/mol. The van der Waals surface area contributed by atoms with E-state index in [4.69, 9.17) is 4.42 Å². The number of rotatable bonds is 1. The van der Waals surface area contributed by atoms with E-state index < -0.39 is 0 Å². The van der Waals surface area contributed by atoms with Gasteiger partial charge in [0.05, 0.1) is 0 Å². The second kappa shape index (κ2) is 4.91. The lowest BCUT2D eigenvalue weighted by molar-refractivity contribution is 0.548. The molecule has 3 rings (SSSR count). The summed E-state index contributed by atoms with van der Waals surface area (Å²) in [7, 11) is 0. The van der Waals surface area contributed by atoms with Crippen LogP contribution >= 0.6 is 0 Å². The Hall–Kier alpha value is -1.96. The molecule has 0 spiro atoms. The minimum Gasteiger partial charge on any atom is -0.461 e. The standard InChI is InChI=1S/C13H11NO.C2H6/c1-9-2-5-13(15-9)11-4-3-10-6-7-14-12(10)8-11;1-2/h2-8,14H,1H3;1-2H3. The highest BCUT2D eigenvalue weighted by atomic mass is 16.3. The molecule has 0 saturated heterocycles. The molecule has 1 N–H and O–H groups in total. The number of benzene rings is 1. The highest BCUT2D eigenvalue weighted by Crippen LogP contribution is 2.25. The number of hydrogen-bond donors (Lipinski definition) is 1. The van der Waals surface area contributed by atoms with Gasteiger partial charge in [0, 0.05) is 17.3 Å². The van der Waals surface area contributed by atoms with Crippen LogP contribution in [0.3, 0.4) is 0 Å². The first-order valence-electron chi connectivity index (χ1n) is 5.97. The molecule has 2 nitrogen and oxygen atoms in total. The van der Waals surface area contributed by atoms with Gasteiger partial charge >= 0.3 is 0 Å². The van der Waals surface area contributed by atoms with E-state index in [2.05, 4.69) is 29.2 Å². The first-order valence-corrected chi connectivity index (χ1v) is 5.97. The summed E-state index contributed by atoms with van der Waals surface area (Å²) >= 11 is 0. The summed E-state index contributed by atoms with van der Waals surface area (Å²) in [5.41, 5.74) is 2.25. The van der Waals surface area contributed by atoms with E-state index in [9.17, 15) is 0 Å². The summed E-state index contributed by atoms with van der Waals surface area (Å²) in [5, 5.41) is 1.22. The maximum Gasteiger partial charge on any atom is 0.134 e. The average molecular weight is 227 g/mol. The van der Waals surface area contributed by atoms with Crippen molar-refractivity contribution in [2.75, 3.05) is 0 Å². The van der Waals surface area contributed by atoms with Crippen LogP contribution in [0.5, 0.6) is 0 Å². The van der Waals surface area contributed by atoms with Crippen LogP contribution in [0.15, 0.2) is 47.0 Å². The Morgan fingerprint density at radius 1 is 1.00 bits per heavy atom. The fourth-order valence-electron chi connectivity index (χ4n) is 1.79. The van der Waals surface area contributed by atoms with E-state index in [1.165, 1.54) is 5.39 Å². The Kier molecular flexibility index (Phi) is 3.33. The number of furan rings is 1. The van der Waals surface area contributed by atoms with Gasteiger partial charge in [-0.1, -0.05) is 26.0 Å². The summed E-state index contributed by atoms with van der Waals surface area (Å²) in [6.45, 7) is 5.96. The van der Waals surface area contributed by atoms with Gasteiger partial charge in [-0.05, 0) is 36.6 Å². The fourth-order valence-corrected chi connectivity index (χ4v) is 1.79. The van der Waals surface area contributed by atoms with Crippen LogP contribution in [0.4, 0.5) is 0 Å². The molecule has 0 aliphatic heterocycles. The molecule has 0 radical (unpaired) electrons. The smallest absolute Gasteiger partial charge is 0.134 e. The lowest BCUT2D eigenvalue weighted by Gasteiger charge is -1.97. The summed E-state index contributed by atoms with van der Waals surface area (Å²) in [4.78, 5) is 3.19. The maximum atomic E-state index is 5.58. The summed E-state index contributed by atoms with van der Waals surface area (Å²) < 4.78 is 5.58. The van der Waals surface area contributed by atoms with Gasteiger partial charge in [-0.3, -0.25) is 0 Å². The molecule has 0 atom stereocenters. The second-order valence-electron chi connectivity index (χ2n) is 3.69. The zero-order valence-electron chi connectivity index (χ0n) is 10.4. The van der Waals surface area contributed by atoms with Crippen LogP contribution in [0, 0.1) is 6.92 Å². The molecule has 0 aliphatic carbocycles. The lowest BCUT2D eigenvalue weighted by Crippen LogP contribution is -1.74.